The van der Waals surface area contributed by atoms with E-state index in [9.17, 15) is 4.79 Å². The van der Waals surface area contributed by atoms with Crippen LogP contribution in [0, 0.1) is 0 Å². The van der Waals surface area contributed by atoms with Crippen LogP contribution in [0.1, 0.15) is 55.9 Å². The molecule has 0 amide bonds. The highest BCUT2D eigenvalue weighted by Gasteiger charge is 2.30. The van der Waals surface area contributed by atoms with Crippen molar-refractivity contribution in [2.45, 2.75) is 57.6 Å². The molecule has 2 saturated carbocycles. The lowest BCUT2D eigenvalue weighted by atomic mass is 10.1. The number of carbonyl (C=O) groups is 1. The summed E-state index contributed by atoms with van der Waals surface area (Å²) in [6, 6.07) is 4.41. The molecule has 2 fully saturated rings. The molecule has 2 aliphatic rings. The Morgan fingerprint density at radius 3 is 2.63 bits per heavy atom. The molecule has 142 valence electrons. The highest BCUT2D eigenvalue weighted by atomic mass is 16.5. The van der Waals surface area contributed by atoms with Crippen LogP contribution in [0.2, 0.25) is 0 Å². The first kappa shape index (κ1) is 17.8. The van der Waals surface area contributed by atoms with Crippen molar-refractivity contribution in [2.24, 2.45) is 0 Å². The number of carbonyl (C=O) groups excluding carboxylic acids is 1. The van der Waals surface area contributed by atoms with E-state index in [0.29, 0.717) is 17.3 Å². The smallest absolute Gasteiger partial charge is 0.221 e. The van der Waals surface area contributed by atoms with Gasteiger partial charge in [0.1, 0.15) is 11.4 Å². The number of ether oxygens (including phenoxy) is 1. The number of aromatic nitrogens is 2. The second-order valence-corrected chi connectivity index (χ2v) is 7.50. The highest BCUT2D eigenvalue weighted by molar-refractivity contribution is 6.15. The lowest BCUT2D eigenvalue weighted by Crippen LogP contribution is -2.21. The first-order valence-corrected chi connectivity index (χ1v) is 9.74. The van der Waals surface area contributed by atoms with Crippen molar-refractivity contribution in [2.75, 3.05) is 17.7 Å². The summed E-state index contributed by atoms with van der Waals surface area (Å²) in [6.07, 6.45) is 10.4. The van der Waals surface area contributed by atoms with Crippen molar-refractivity contribution in [1.29, 1.82) is 0 Å². The molecule has 0 bridgehead atoms. The molecule has 0 atom stereocenters. The number of rotatable bonds is 6. The van der Waals surface area contributed by atoms with Gasteiger partial charge in [-0.05, 0) is 51.5 Å². The largest absolute Gasteiger partial charge is 0.490 e. The van der Waals surface area contributed by atoms with E-state index in [1.165, 1.54) is 18.9 Å². The van der Waals surface area contributed by atoms with Gasteiger partial charge in [-0.2, -0.15) is 0 Å². The van der Waals surface area contributed by atoms with Crippen molar-refractivity contribution in [3.63, 3.8) is 0 Å². The number of allylic oxidation sites excluding steroid dienone is 2. The predicted molar refractivity (Wildman–Crippen MR) is 107 cm³/mol. The van der Waals surface area contributed by atoms with Crippen molar-refractivity contribution < 1.29 is 9.53 Å². The summed E-state index contributed by atoms with van der Waals surface area (Å²) >= 11 is 0. The van der Waals surface area contributed by atoms with Crippen molar-refractivity contribution in [3.05, 3.63) is 30.0 Å². The predicted octanol–water partition coefficient (Wildman–Crippen LogP) is 3.89. The summed E-state index contributed by atoms with van der Waals surface area (Å²) in [4.78, 5) is 23.6. The Hall–Kier alpha value is -2.63. The van der Waals surface area contributed by atoms with Crippen LogP contribution in [-0.2, 0) is 0 Å². The Morgan fingerprint density at radius 1 is 1.22 bits per heavy atom. The van der Waals surface area contributed by atoms with Crippen LogP contribution in [0.3, 0.4) is 0 Å². The van der Waals surface area contributed by atoms with Gasteiger partial charge in [0.15, 0.2) is 0 Å². The SMILES string of the molecule is CC=CC(=O)c1nc(N)nc2cc(OC3CCCC3)cc(N(C)C3CC3)c12. The van der Waals surface area contributed by atoms with Gasteiger partial charge >= 0.3 is 0 Å². The zero-order valence-corrected chi connectivity index (χ0v) is 15.9. The van der Waals surface area contributed by atoms with E-state index in [2.05, 4.69) is 21.9 Å². The number of nitrogen functional groups attached to an aromatic ring is 1. The molecule has 6 heteroatoms. The standard InChI is InChI=1S/C21H26N4O2/c1-3-6-18(26)20-19-16(23-21(22)24-20)11-15(27-14-7-4-5-8-14)12-17(19)25(2)13-9-10-13/h3,6,11-14H,4-5,7-10H2,1-2H3,(H2,22,23,24). The van der Waals surface area contributed by atoms with E-state index in [4.69, 9.17) is 10.5 Å². The molecule has 0 radical (unpaired) electrons. The normalized spacial score (nSPS) is 17.7. The van der Waals surface area contributed by atoms with Crippen LogP contribution in [0.25, 0.3) is 10.9 Å². The number of anilines is 2. The lowest BCUT2D eigenvalue weighted by Gasteiger charge is -2.23. The Bertz CT molecular complexity index is 899. The van der Waals surface area contributed by atoms with Crippen LogP contribution in [0.4, 0.5) is 11.6 Å². The van der Waals surface area contributed by atoms with E-state index in [-0.39, 0.29) is 17.8 Å². The minimum atomic E-state index is -0.161. The molecular formula is C21H26N4O2. The van der Waals surface area contributed by atoms with Gasteiger partial charge in [0, 0.05) is 25.2 Å². The molecule has 0 saturated heterocycles. The average Bonchev–Trinajstić information content (AvgIpc) is 3.37. The second kappa shape index (κ2) is 7.18. The number of nitrogens with zero attached hydrogens (tertiary/aromatic N) is 3. The lowest BCUT2D eigenvalue weighted by molar-refractivity contribution is 0.104. The van der Waals surface area contributed by atoms with Crippen LogP contribution >= 0.6 is 0 Å². The first-order valence-electron chi connectivity index (χ1n) is 9.74. The third-order valence-electron chi connectivity index (χ3n) is 5.40. The molecule has 6 nitrogen and oxygen atoms in total. The van der Waals surface area contributed by atoms with Crippen molar-refractivity contribution >= 4 is 28.3 Å². The Balaban J connectivity index is 1.87. The van der Waals surface area contributed by atoms with E-state index in [1.54, 1.807) is 6.08 Å². The Morgan fingerprint density at radius 2 is 1.96 bits per heavy atom. The Labute approximate surface area is 159 Å². The third-order valence-corrected chi connectivity index (χ3v) is 5.40. The zero-order chi connectivity index (χ0) is 19.0. The molecule has 0 spiro atoms. The fourth-order valence-electron chi connectivity index (χ4n) is 3.85. The van der Waals surface area contributed by atoms with Crippen molar-refractivity contribution in [3.8, 4) is 5.75 Å². The highest BCUT2D eigenvalue weighted by Crippen LogP contribution is 2.39. The van der Waals surface area contributed by atoms with Gasteiger partial charge in [-0.25, -0.2) is 9.97 Å². The van der Waals surface area contributed by atoms with Gasteiger partial charge in [0.25, 0.3) is 0 Å². The summed E-state index contributed by atoms with van der Waals surface area (Å²) in [5.74, 6) is 0.735. The monoisotopic (exact) mass is 366 g/mol. The summed E-state index contributed by atoms with van der Waals surface area (Å²) in [7, 11) is 2.06. The molecule has 2 aromatic rings. The fraction of sp³-hybridized carbons (Fsp3) is 0.476. The minimum Gasteiger partial charge on any atom is -0.490 e. The van der Waals surface area contributed by atoms with Crippen LogP contribution in [0.5, 0.6) is 5.75 Å². The number of hydrogen-bond donors (Lipinski definition) is 1. The number of nitrogens with two attached hydrogens (primary N) is 1. The van der Waals surface area contributed by atoms with Crippen molar-refractivity contribution in [1.82, 2.24) is 9.97 Å². The quantitative estimate of drug-likeness (QED) is 0.617. The number of benzene rings is 1. The van der Waals surface area contributed by atoms with E-state index in [0.717, 1.165) is 42.5 Å². The van der Waals surface area contributed by atoms with Gasteiger partial charge in [-0.1, -0.05) is 6.08 Å². The molecule has 1 aromatic heterocycles. The van der Waals surface area contributed by atoms with Gasteiger partial charge < -0.3 is 15.4 Å². The van der Waals surface area contributed by atoms with Crippen LogP contribution < -0.4 is 15.4 Å². The molecule has 0 aliphatic heterocycles. The van der Waals surface area contributed by atoms with Gasteiger partial charge in [-0.15, -0.1) is 0 Å². The molecule has 2 N–H and O–H groups in total. The molecule has 27 heavy (non-hydrogen) atoms. The average molecular weight is 366 g/mol. The number of ketones is 1. The third kappa shape index (κ3) is 3.61. The molecule has 1 aromatic carbocycles. The first-order chi connectivity index (χ1) is 13.1. The summed E-state index contributed by atoms with van der Waals surface area (Å²) in [5, 5.41) is 0.750. The Kier molecular flexibility index (Phi) is 4.72. The topological polar surface area (TPSA) is 81.3 Å². The molecule has 1 heterocycles. The second-order valence-electron chi connectivity index (χ2n) is 7.50. The van der Waals surface area contributed by atoms with Gasteiger partial charge in [0.2, 0.25) is 11.7 Å². The van der Waals surface area contributed by atoms with E-state index < -0.39 is 0 Å². The number of fused-ring (bicyclic) bond motifs is 1. The van der Waals surface area contributed by atoms with Gasteiger partial charge in [-0.3, -0.25) is 4.79 Å². The molecular weight excluding hydrogens is 340 g/mol. The molecule has 2 aliphatic carbocycles. The van der Waals surface area contributed by atoms with Crippen LogP contribution in [0.15, 0.2) is 24.3 Å². The zero-order valence-electron chi connectivity index (χ0n) is 15.9. The van der Waals surface area contributed by atoms with E-state index >= 15 is 0 Å². The summed E-state index contributed by atoms with van der Waals surface area (Å²) < 4.78 is 6.24. The van der Waals surface area contributed by atoms with Gasteiger partial charge in [0.05, 0.1) is 22.7 Å². The van der Waals surface area contributed by atoms with E-state index in [1.807, 2.05) is 19.1 Å². The summed E-state index contributed by atoms with van der Waals surface area (Å²) in [5.41, 5.74) is 7.87. The number of hydrogen-bond acceptors (Lipinski definition) is 6. The maximum atomic E-state index is 12.7. The maximum Gasteiger partial charge on any atom is 0.221 e. The summed E-state index contributed by atoms with van der Waals surface area (Å²) in [6.45, 7) is 1.81. The van der Waals surface area contributed by atoms with Crippen LogP contribution in [-0.4, -0.2) is 34.9 Å². The minimum absolute atomic E-state index is 0.105. The molecule has 0 unspecified atom stereocenters. The maximum absolute atomic E-state index is 12.7. The fourth-order valence-corrected chi connectivity index (χ4v) is 3.85. The molecule has 4 rings (SSSR count).